The van der Waals surface area contributed by atoms with Gasteiger partial charge in [0.25, 0.3) is 0 Å². The Morgan fingerprint density at radius 3 is 2.78 bits per heavy atom. The van der Waals surface area contributed by atoms with Crippen LogP contribution in [0.3, 0.4) is 0 Å². The van der Waals surface area contributed by atoms with Crippen molar-refractivity contribution in [2.45, 2.75) is 19.0 Å². The summed E-state index contributed by atoms with van der Waals surface area (Å²) in [5.74, 6) is 0.475. The van der Waals surface area contributed by atoms with Crippen LogP contribution in [0.2, 0.25) is 0 Å². The Labute approximate surface area is 159 Å². The zero-order valence-electron chi connectivity index (χ0n) is 15.6. The summed E-state index contributed by atoms with van der Waals surface area (Å²) >= 11 is 0. The van der Waals surface area contributed by atoms with Gasteiger partial charge in [-0.15, -0.1) is 0 Å². The largest absolute Gasteiger partial charge is 0.497 e. The SMILES string of the molecule is COCCN1C(=O)Cc2ccccc2C1C(=O)NCc1cccc(OC)c1. The number of nitrogens with one attached hydrogen (secondary N) is 1. The number of hydrogen-bond donors (Lipinski definition) is 1. The smallest absolute Gasteiger partial charge is 0.247 e. The van der Waals surface area contributed by atoms with Crippen LogP contribution in [0.5, 0.6) is 5.75 Å². The van der Waals surface area contributed by atoms with Gasteiger partial charge in [0, 0.05) is 20.2 Å². The van der Waals surface area contributed by atoms with Gasteiger partial charge >= 0.3 is 0 Å². The van der Waals surface area contributed by atoms with Gasteiger partial charge in [0.05, 0.1) is 20.1 Å². The van der Waals surface area contributed by atoms with Crippen LogP contribution >= 0.6 is 0 Å². The summed E-state index contributed by atoms with van der Waals surface area (Å²) in [6, 6.07) is 14.5. The second kappa shape index (κ2) is 8.68. The Morgan fingerprint density at radius 2 is 2.00 bits per heavy atom. The zero-order chi connectivity index (χ0) is 19.2. The number of hydrogen-bond acceptors (Lipinski definition) is 4. The number of benzene rings is 2. The number of ether oxygens (including phenoxy) is 2. The minimum Gasteiger partial charge on any atom is -0.497 e. The molecule has 0 radical (unpaired) electrons. The fourth-order valence-electron chi connectivity index (χ4n) is 3.33. The molecular formula is C21H24N2O4. The number of nitrogens with zero attached hydrogens (tertiary/aromatic N) is 1. The predicted molar refractivity (Wildman–Crippen MR) is 101 cm³/mol. The number of carbonyl (C=O) groups is 2. The Kier molecular flexibility index (Phi) is 6.08. The van der Waals surface area contributed by atoms with E-state index >= 15 is 0 Å². The molecule has 27 heavy (non-hydrogen) atoms. The van der Waals surface area contributed by atoms with Crippen LogP contribution in [0.15, 0.2) is 48.5 Å². The van der Waals surface area contributed by atoms with Crippen molar-refractivity contribution in [3.8, 4) is 5.75 Å². The zero-order valence-corrected chi connectivity index (χ0v) is 15.6. The molecule has 6 nitrogen and oxygen atoms in total. The van der Waals surface area contributed by atoms with Crippen LogP contribution in [0.1, 0.15) is 22.7 Å². The number of amides is 2. The molecule has 3 rings (SSSR count). The molecule has 0 saturated heterocycles. The van der Waals surface area contributed by atoms with Crippen molar-refractivity contribution in [2.75, 3.05) is 27.4 Å². The van der Waals surface area contributed by atoms with E-state index in [0.29, 0.717) is 26.1 Å². The monoisotopic (exact) mass is 368 g/mol. The molecule has 2 amide bonds. The third-order valence-corrected chi connectivity index (χ3v) is 4.71. The van der Waals surface area contributed by atoms with Crippen molar-refractivity contribution in [1.29, 1.82) is 0 Å². The third kappa shape index (κ3) is 4.28. The molecule has 1 atom stereocenters. The van der Waals surface area contributed by atoms with E-state index in [0.717, 1.165) is 22.4 Å². The number of rotatable bonds is 7. The molecule has 0 saturated carbocycles. The van der Waals surface area contributed by atoms with Crippen LogP contribution in [0.25, 0.3) is 0 Å². The second-order valence-corrected chi connectivity index (χ2v) is 6.43. The molecule has 142 valence electrons. The van der Waals surface area contributed by atoms with E-state index < -0.39 is 6.04 Å². The van der Waals surface area contributed by atoms with Crippen LogP contribution in [0.4, 0.5) is 0 Å². The molecular weight excluding hydrogens is 344 g/mol. The lowest BCUT2D eigenvalue weighted by molar-refractivity contribution is -0.142. The van der Waals surface area contributed by atoms with Gasteiger partial charge in [-0.2, -0.15) is 0 Å². The molecule has 1 heterocycles. The normalized spacial score (nSPS) is 16.0. The first-order valence-electron chi connectivity index (χ1n) is 8.91. The highest BCUT2D eigenvalue weighted by molar-refractivity contribution is 5.92. The van der Waals surface area contributed by atoms with Crippen LogP contribution < -0.4 is 10.1 Å². The van der Waals surface area contributed by atoms with Gasteiger partial charge in [0.1, 0.15) is 11.8 Å². The Balaban J connectivity index is 1.81. The first kappa shape index (κ1) is 18.9. The maximum Gasteiger partial charge on any atom is 0.247 e. The summed E-state index contributed by atoms with van der Waals surface area (Å²) in [5.41, 5.74) is 2.70. The van der Waals surface area contributed by atoms with E-state index in [2.05, 4.69) is 5.32 Å². The third-order valence-electron chi connectivity index (χ3n) is 4.71. The summed E-state index contributed by atoms with van der Waals surface area (Å²) in [4.78, 5) is 27.2. The minimum absolute atomic E-state index is 0.0627. The highest BCUT2D eigenvalue weighted by Gasteiger charge is 2.36. The van der Waals surface area contributed by atoms with Gasteiger partial charge < -0.3 is 19.7 Å². The Morgan fingerprint density at radius 1 is 1.19 bits per heavy atom. The van der Waals surface area contributed by atoms with Gasteiger partial charge in [-0.1, -0.05) is 36.4 Å². The minimum atomic E-state index is -0.650. The summed E-state index contributed by atoms with van der Waals surface area (Å²) in [5, 5.41) is 2.96. The van der Waals surface area contributed by atoms with E-state index in [1.165, 1.54) is 0 Å². The van der Waals surface area contributed by atoms with Crippen molar-refractivity contribution in [2.24, 2.45) is 0 Å². The van der Waals surface area contributed by atoms with E-state index in [9.17, 15) is 9.59 Å². The quantitative estimate of drug-likeness (QED) is 0.813. The predicted octanol–water partition coefficient (Wildman–Crippen LogP) is 2.08. The molecule has 2 aromatic rings. The fraction of sp³-hybridized carbons (Fsp3) is 0.333. The van der Waals surface area contributed by atoms with Crippen molar-refractivity contribution in [1.82, 2.24) is 10.2 Å². The maximum atomic E-state index is 13.0. The molecule has 2 aromatic carbocycles. The Hall–Kier alpha value is -2.86. The first-order valence-corrected chi connectivity index (χ1v) is 8.91. The maximum absolute atomic E-state index is 13.0. The van der Waals surface area contributed by atoms with E-state index in [1.54, 1.807) is 19.1 Å². The summed E-state index contributed by atoms with van der Waals surface area (Å²) in [7, 11) is 3.19. The molecule has 1 unspecified atom stereocenters. The fourth-order valence-corrected chi connectivity index (χ4v) is 3.33. The van der Waals surface area contributed by atoms with Gasteiger partial charge in [-0.3, -0.25) is 9.59 Å². The van der Waals surface area contributed by atoms with E-state index in [1.807, 2.05) is 48.5 Å². The molecule has 0 bridgehead atoms. The average molecular weight is 368 g/mol. The molecule has 0 fully saturated rings. The van der Waals surface area contributed by atoms with Crippen LogP contribution in [-0.2, 0) is 27.3 Å². The van der Waals surface area contributed by atoms with E-state index in [-0.39, 0.29) is 11.8 Å². The highest BCUT2D eigenvalue weighted by Crippen LogP contribution is 2.30. The number of carbonyl (C=O) groups excluding carboxylic acids is 2. The average Bonchev–Trinajstić information content (AvgIpc) is 2.70. The lowest BCUT2D eigenvalue weighted by atomic mass is 9.91. The van der Waals surface area contributed by atoms with Crippen molar-refractivity contribution < 1.29 is 19.1 Å². The first-order chi connectivity index (χ1) is 13.1. The molecule has 6 heteroatoms. The molecule has 0 spiro atoms. The lowest BCUT2D eigenvalue weighted by Crippen LogP contribution is -2.48. The molecule has 0 aliphatic carbocycles. The summed E-state index contributed by atoms with van der Waals surface area (Å²) in [6.07, 6.45) is 0.305. The van der Waals surface area contributed by atoms with Gasteiger partial charge in [-0.05, 0) is 28.8 Å². The summed E-state index contributed by atoms with van der Waals surface area (Å²) in [6.45, 7) is 1.12. The molecule has 1 aliphatic rings. The Bertz CT molecular complexity index is 821. The van der Waals surface area contributed by atoms with Crippen LogP contribution in [0, 0.1) is 0 Å². The van der Waals surface area contributed by atoms with Crippen molar-refractivity contribution in [3.05, 3.63) is 65.2 Å². The highest BCUT2D eigenvalue weighted by atomic mass is 16.5. The number of fused-ring (bicyclic) bond motifs is 1. The standard InChI is InChI=1S/C21H24N2O4/c1-26-11-10-23-19(24)13-16-7-3-4-9-18(16)20(23)21(25)22-14-15-6-5-8-17(12-15)27-2/h3-9,12,20H,10-11,13-14H2,1-2H3,(H,22,25). The number of methoxy groups -OCH3 is 2. The molecule has 0 aromatic heterocycles. The lowest BCUT2D eigenvalue weighted by Gasteiger charge is -2.36. The van der Waals surface area contributed by atoms with E-state index in [4.69, 9.17) is 9.47 Å². The van der Waals surface area contributed by atoms with Gasteiger partial charge in [0.15, 0.2) is 0 Å². The van der Waals surface area contributed by atoms with Crippen molar-refractivity contribution in [3.63, 3.8) is 0 Å². The van der Waals surface area contributed by atoms with Gasteiger partial charge in [0.2, 0.25) is 11.8 Å². The topological polar surface area (TPSA) is 67.9 Å². The second-order valence-electron chi connectivity index (χ2n) is 6.43. The van der Waals surface area contributed by atoms with Gasteiger partial charge in [-0.25, -0.2) is 0 Å². The van der Waals surface area contributed by atoms with Crippen LogP contribution in [-0.4, -0.2) is 44.1 Å². The molecule has 1 N–H and O–H groups in total. The molecule has 1 aliphatic heterocycles. The van der Waals surface area contributed by atoms with Crippen molar-refractivity contribution >= 4 is 11.8 Å². The summed E-state index contributed by atoms with van der Waals surface area (Å²) < 4.78 is 10.3.